The summed E-state index contributed by atoms with van der Waals surface area (Å²) >= 11 is 0. The van der Waals surface area contributed by atoms with E-state index in [4.69, 9.17) is 4.55 Å². The maximum Gasteiger partial charge on any atom is 0.294 e. The summed E-state index contributed by atoms with van der Waals surface area (Å²) in [5.74, 6) is 0. The van der Waals surface area contributed by atoms with Crippen molar-refractivity contribution in [1.82, 2.24) is 0 Å². The van der Waals surface area contributed by atoms with E-state index in [1.165, 1.54) is 0 Å². The van der Waals surface area contributed by atoms with E-state index < -0.39 is 15.1 Å². The van der Waals surface area contributed by atoms with Crippen molar-refractivity contribution in [2.45, 2.75) is 44.5 Å². The van der Waals surface area contributed by atoms with E-state index in [0.717, 1.165) is 0 Å². The fourth-order valence-corrected chi connectivity index (χ4v) is 2.09. The van der Waals surface area contributed by atoms with Crippen LogP contribution in [0.2, 0.25) is 0 Å². The van der Waals surface area contributed by atoms with Crippen LogP contribution in [0.15, 0.2) is 0 Å². The Kier molecular flexibility index (Phi) is 4.16. The van der Waals surface area contributed by atoms with Gasteiger partial charge >= 0.3 is 0 Å². The van der Waals surface area contributed by atoms with Crippen molar-refractivity contribution in [3.63, 3.8) is 0 Å². The summed E-state index contributed by atoms with van der Waals surface area (Å²) in [6, 6.07) is 0. The second kappa shape index (κ2) is 4.20. The van der Waals surface area contributed by atoms with Gasteiger partial charge in [-0.2, -0.15) is 8.42 Å². The smallest absolute Gasteiger partial charge is 0.294 e. The Morgan fingerprint density at radius 2 is 1.50 bits per heavy atom. The molecule has 5 heteroatoms. The molecule has 0 aliphatic heterocycles. The Labute approximate surface area is 73.4 Å². The third kappa shape index (κ3) is 2.73. The molecule has 0 aromatic carbocycles. The molecule has 0 aliphatic carbocycles. The number of hydrogen-bond donors (Lipinski definition) is 2. The highest BCUT2D eigenvalue weighted by atomic mass is 32.2. The maximum absolute atomic E-state index is 10.7. The normalized spacial score (nSPS) is 13.3. The van der Waals surface area contributed by atoms with E-state index in [9.17, 15) is 13.5 Å². The second-order valence-corrected chi connectivity index (χ2v) is 4.63. The Bertz CT molecular complexity index is 214. The quantitative estimate of drug-likeness (QED) is 0.647. The first-order valence-electron chi connectivity index (χ1n) is 4.06. The van der Waals surface area contributed by atoms with E-state index >= 15 is 0 Å². The molecule has 2 N–H and O–H groups in total. The van der Waals surface area contributed by atoms with Gasteiger partial charge in [-0.3, -0.25) is 4.55 Å². The molecule has 12 heavy (non-hydrogen) atoms. The van der Waals surface area contributed by atoms with Crippen LogP contribution in [0.4, 0.5) is 0 Å². The summed E-state index contributed by atoms with van der Waals surface area (Å²) in [5, 5.41) is 9.51. The highest BCUT2D eigenvalue weighted by Crippen LogP contribution is 2.24. The molecule has 0 heterocycles. The SMILES string of the molecule is CCCC(O)(CCC)S(=O)(=O)O. The lowest BCUT2D eigenvalue weighted by molar-refractivity contribution is 0.0929. The first kappa shape index (κ1) is 11.9. The molecule has 0 saturated carbocycles. The van der Waals surface area contributed by atoms with Gasteiger partial charge in [0.2, 0.25) is 0 Å². The van der Waals surface area contributed by atoms with Gasteiger partial charge in [0.05, 0.1) is 0 Å². The van der Waals surface area contributed by atoms with Crippen molar-refractivity contribution in [2.24, 2.45) is 0 Å². The van der Waals surface area contributed by atoms with Gasteiger partial charge in [-0.05, 0) is 12.8 Å². The van der Waals surface area contributed by atoms with Crippen molar-refractivity contribution < 1.29 is 18.1 Å². The van der Waals surface area contributed by atoms with Gasteiger partial charge in [0, 0.05) is 0 Å². The summed E-state index contributed by atoms with van der Waals surface area (Å²) in [4.78, 5) is -1.93. The lowest BCUT2D eigenvalue weighted by atomic mass is 10.1. The zero-order valence-corrected chi connectivity index (χ0v) is 8.26. The Hall–Kier alpha value is -0.130. The van der Waals surface area contributed by atoms with Crippen molar-refractivity contribution in [3.8, 4) is 0 Å². The Morgan fingerprint density at radius 3 is 1.67 bits per heavy atom. The van der Waals surface area contributed by atoms with E-state index in [1.807, 2.05) is 0 Å². The van der Waals surface area contributed by atoms with Gasteiger partial charge in [0.25, 0.3) is 10.1 Å². The fourth-order valence-electron chi connectivity index (χ4n) is 1.16. The maximum atomic E-state index is 10.7. The van der Waals surface area contributed by atoms with Crippen LogP contribution in [0.5, 0.6) is 0 Å². The summed E-state index contributed by atoms with van der Waals surface area (Å²) in [5.41, 5.74) is 0. The molecule has 0 saturated heterocycles. The molecular formula is C7H16O4S. The summed E-state index contributed by atoms with van der Waals surface area (Å²) in [7, 11) is -4.33. The van der Waals surface area contributed by atoms with E-state index in [-0.39, 0.29) is 12.8 Å². The van der Waals surface area contributed by atoms with Gasteiger partial charge in [-0.15, -0.1) is 0 Å². The minimum atomic E-state index is -4.33. The van der Waals surface area contributed by atoms with Crippen LogP contribution in [-0.2, 0) is 10.1 Å². The molecule has 4 nitrogen and oxygen atoms in total. The van der Waals surface area contributed by atoms with Gasteiger partial charge in [0.1, 0.15) is 0 Å². The fraction of sp³-hybridized carbons (Fsp3) is 1.00. The highest BCUT2D eigenvalue weighted by molar-refractivity contribution is 7.87. The van der Waals surface area contributed by atoms with Crippen LogP contribution in [0.3, 0.4) is 0 Å². The highest BCUT2D eigenvalue weighted by Gasteiger charge is 2.38. The van der Waals surface area contributed by atoms with Crippen molar-refractivity contribution in [2.75, 3.05) is 0 Å². The number of rotatable bonds is 5. The molecule has 0 aromatic rings. The first-order chi connectivity index (χ1) is 5.37. The van der Waals surface area contributed by atoms with E-state index in [2.05, 4.69) is 0 Å². The number of hydrogen-bond acceptors (Lipinski definition) is 3. The third-order valence-corrected chi connectivity index (χ3v) is 3.13. The monoisotopic (exact) mass is 196 g/mol. The van der Waals surface area contributed by atoms with Gasteiger partial charge in [-0.1, -0.05) is 26.7 Å². The number of aliphatic hydroxyl groups is 1. The molecule has 0 fully saturated rings. The Morgan fingerprint density at radius 1 is 1.17 bits per heavy atom. The molecular weight excluding hydrogens is 180 g/mol. The van der Waals surface area contributed by atoms with Crippen LogP contribution < -0.4 is 0 Å². The van der Waals surface area contributed by atoms with Crippen LogP contribution in [-0.4, -0.2) is 23.0 Å². The molecule has 0 radical (unpaired) electrons. The average molecular weight is 196 g/mol. The van der Waals surface area contributed by atoms with Crippen LogP contribution >= 0.6 is 0 Å². The van der Waals surface area contributed by atoms with Gasteiger partial charge < -0.3 is 5.11 Å². The molecule has 0 amide bonds. The van der Waals surface area contributed by atoms with Gasteiger partial charge in [-0.25, -0.2) is 0 Å². The molecule has 0 aromatic heterocycles. The van der Waals surface area contributed by atoms with Crippen LogP contribution in [0, 0.1) is 0 Å². The van der Waals surface area contributed by atoms with Gasteiger partial charge in [0.15, 0.2) is 4.93 Å². The first-order valence-corrected chi connectivity index (χ1v) is 5.51. The molecule has 0 atom stereocenters. The van der Waals surface area contributed by atoms with Crippen molar-refractivity contribution in [1.29, 1.82) is 0 Å². The summed E-state index contributed by atoms with van der Waals surface area (Å²) in [6.07, 6.45) is 1.21. The predicted octanol–water partition coefficient (Wildman–Crippen LogP) is 1.16. The molecule has 0 aliphatic rings. The zero-order chi connectivity index (χ0) is 9.83. The van der Waals surface area contributed by atoms with E-state index in [0.29, 0.717) is 12.8 Å². The lowest BCUT2D eigenvalue weighted by Gasteiger charge is -2.23. The van der Waals surface area contributed by atoms with Crippen molar-refractivity contribution >= 4 is 10.1 Å². The molecule has 74 valence electrons. The largest absolute Gasteiger partial charge is 0.372 e. The second-order valence-electron chi connectivity index (χ2n) is 2.92. The Balaban J connectivity index is 4.62. The van der Waals surface area contributed by atoms with Crippen LogP contribution in [0.1, 0.15) is 39.5 Å². The minimum Gasteiger partial charge on any atom is -0.372 e. The standard InChI is InChI=1S/C7H16O4S/c1-3-5-7(8,6-4-2)12(9,10)11/h8H,3-6H2,1-2H3,(H,9,10,11). The molecule has 0 spiro atoms. The van der Waals surface area contributed by atoms with Crippen LogP contribution in [0.25, 0.3) is 0 Å². The molecule has 0 bridgehead atoms. The van der Waals surface area contributed by atoms with Crippen molar-refractivity contribution in [3.05, 3.63) is 0 Å². The van der Waals surface area contributed by atoms with E-state index in [1.54, 1.807) is 13.8 Å². The average Bonchev–Trinajstić information content (AvgIpc) is 1.86. The minimum absolute atomic E-state index is 0.0830. The molecule has 0 rings (SSSR count). The summed E-state index contributed by atoms with van der Waals surface area (Å²) < 4.78 is 30.2. The zero-order valence-electron chi connectivity index (χ0n) is 7.45. The third-order valence-electron chi connectivity index (χ3n) is 1.76. The molecule has 0 unspecified atom stereocenters. The predicted molar refractivity (Wildman–Crippen MR) is 46.3 cm³/mol. The topological polar surface area (TPSA) is 74.6 Å². The summed E-state index contributed by atoms with van der Waals surface area (Å²) in [6.45, 7) is 3.51. The lowest BCUT2D eigenvalue weighted by Crippen LogP contribution is -2.37.